The molecule has 11 heavy (non-hydrogen) atoms. The van der Waals surface area contributed by atoms with Gasteiger partial charge in [-0.25, -0.2) is 0 Å². The average Bonchev–Trinajstić information content (AvgIpc) is 2.55. The molecule has 58 valence electrons. The fourth-order valence-corrected chi connectivity index (χ4v) is 1.37. The largest absolute Gasteiger partial charge is 0.472 e. The van der Waals surface area contributed by atoms with Crippen molar-refractivity contribution in [3.05, 3.63) is 29.7 Å². The summed E-state index contributed by atoms with van der Waals surface area (Å²) in [6, 6.07) is 0. The van der Waals surface area contributed by atoms with E-state index in [-0.39, 0.29) is 0 Å². The van der Waals surface area contributed by atoms with Gasteiger partial charge in [-0.2, -0.15) is 0 Å². The molecule has 2 nitrogen and oxygen atoms in total. The number of furan rings is 1. The van der Waals surface area contributed by atoms with E-state index in [0.29, 0.717) is 0 Å². The quantitative estimate of drug-likeness (QED) is 0.655. The molecule has 2 heterocycles. The van der Waals surface area contributed by atoms with Crippen LogP contribution in [0.2, 0.25) is 0 Å². The van der Waals surface area contributed by atoms with Gasteiger partial charge in [-0.15, -0.1) is 0 Å². The van der Waals surface area contributed by atoms with E-state index >= 15 is 0 Å². The lowest BCUT2D eigenvalue weighted by Crippen LogP contribution is -2.07. The number of aryl methyl sites for hydroxylation is 1. The van der Waals surface area contributed by atoms with Crippen molar-refractivity contribution in [1.29, 1.82) is 0 Å². The van der Waals surface area contributed by atoms with Gasteiger partial charge < -0.3 is 9.73 Å². The van der Waals surface area contributed by atoms with Crippen LogP contribution in [0.4, 0.5) is 0 Å². The van der Waals surface area contributed by atoms with Gasteiger partial charge in [0.25, 0.3) is 0 Å². The normalized spacial score (nSPS) is 17.0. The zero-order valence-electron chi connectivity index (χ0n) is 6.55. The smallest absolute Gasteiger partial charge is 0.0980 e. The molecule has 1 N–H and O–H groups in total. The summed E-state index contributed by atoms with van der Waals surface area (Å²) in [6.07, 6.45) is 5.81. The van der Waals surface area contributed by atoms with E-state index in [1.807, 2.05) is 6.26 Å². The van der Waals surface area contributed by atoms with E-state index in [2.05, 4.69) is 18.3 Å². The molecular weight excluding hydrogens is 138 g/mol. The van der Waals surface area contributed by atoms with E-state index in [1.54, 1.807) is 6.26 Å². The minimum atomic E-state index is 0.973. The number of hydrogen-bond acceptors (Lipinski definition) is 2. The maximum absolute atomic E-state index is 5.09. The van der Waals surface area contributed by atoms with E-state index in [1.165, 1.54) is 16.7 Å². The summed E-state index contributed by atoms with van der Waals surface area (Å²) in [4.78, 5) is 0. The maximum atomic E-state index is 5.09. The summed E-state index contributed by atoms with van der Waals surface area (Å²) in [5, 5.41) is 3.25. The number of rotatable bonds is 1. The van der Waals surface area contributed by atoms with Crippen molar-refractivity contribution in [3.63, 3.8) is 0 Å². The summed E-state index contributed by atoms with van der Waals surface area (Å²) >= 11 is 0. The molecule has 2 rings (SSSR count). The van der Waals surface area contributed by atoms with Crippen molar-refractivity contribution in [1.82, 2.24) is 5.32 Å². The molecule has 0 atom stereocenters. The van der Waals surface area contributed by atoms with Crippen LogP contribution in [-0.2, 0) is 0 Å². The lowest BCUT2D eigenvalue weighted by atomic mass is 10.1. The molecule has 2 heteroatoms. The Kier molecular flexibility index (Phi) is 1.55. The molecular formula is C9H11NO. The number of nitrogens with one attached hydrogen (secondary N) is 1. The Morgan fingerprint density at radius 1 is 1.45 bits per heavy atom. The van der Waals surface area contributed by atoms with Crippen LogP contribution in [0.15, 0.2) is 23.0 Å². The standard InChI is InChI=1S/C9H11NO/c1-7-5-11-6-9(7)8-2-3-10-4-8/h2,5-6,10H,3-4H2,1H3. The predicted octanol–water partition coefficient (Wildman–Crippen LogP) is 1.57. The Balaban J connectivity index is 2.35. The minimum absolute atomic E-state index is 0.973. The Labute approximate surface area is 65.9 Å². The lowest BCUT2D eigenvalue weighted by molar-refractivity contribution is 0.565. The van der Waals surface area contributed by atoms with Crippen LogP contribution in [0.1, 0.15) is 11.1 Å². The molecule has 1 aliphatic heterocycles. The molecule has 0 aliphatic carbocycles. The summed E-state index contributed by atoms with van der Waals surface area (Å²) in [5.74, 6) is 0. The van der Waals surface area contributed by atoms with Crippen LogP contribution in [-0.4, -0.2) is 13.1 Å². The molecule has 0 aromatic carbocycles. The Bertz CT molecular complexity index is 286. The molecule has 0 radical (unpaired) electrons. The Morgan fingerprint density at radius 3 is 2.91 bits per heavy atom. The van der Waals surface area contributed by atoms with Crippen LogP contribution in [0.3, 0.4) is 0 Å². The van der Waals surface area contributed by atoms with E-state index in [4.69, 9.17) is 4.42 Å². The highest BCUT2D eigenvalue weighted by molar-refractivity contribution is 5.70. The lowest BCUT2D eigenvalue weighted by Gasteiger charge is -1.96. The van der Waals surface area contributed by atoms with Crippen molar-refractivity contribution >= 4 is 5.57 Å². The third kappa shape index (κ3) is 1.10. The van der Waals surface area contributed by atoms with Gasteiger partial charge in [0.1, 0.15) is 0 Å². The van der Waals surface area contributed by atoms with Crippen molar-refractivity contribution in [2.75, 3.05) is 13.1 Å². The van der Waals surface area contributed by atoms with Gasteiger partial charge in [0, 0.05) is 18.7 Å². The predicted molar refractivity (Wildman–Crippen MR) is 44.3 cm³/mol. The fourth-order valence-electron chi connectivity index (χ4n) is 1.37. The average molecular weight is 149 g/mol. The van der Waals surface area contributed by atoms with Crippen molar-refractivity contribution < 1.29 is 4.42 Å². The SMILES string of the molecule is Cc1cocc1C1=CCNC1. The van der Waals surface area contributed by atoms with Crippen molar-refractivity contribution in [2.24, 2.45) is 0 Å². The Morgan fingerprint density at radius 2 is 2.36 bits per heavy atom. The van der Waals surface area contributed by atoms with Crippen molar-refractivity contribution in [3.8, 4) is 0 Å². The first-order chi connectivity index (χ1) is 5.38. The topological polar surface area (TPSA) is 25.2 Å². The highest BCUT2D eigenvalue weighted by Gasteiger charge is 2.09. The van der Waals surface area contributed by atoms with Crippen molar-refractivity contribution in [2.45, 2.75) is 6.92 Å². The third-order valence-electron chi connectivity index (χ3n) is 2.01. The van der Waals surface area contributed by atoms with Crippen LogP contribution in [0, 0.1) is 6.92 Å². The van der Waals surface area contributed by atoms with Crippen LogP contribution in [0.5, 0.6) is 0 Å². The van der Waals surface area contributed by atoms with Crippen LogP contribution in [0.25, 0.3) is 5.57 Å². The van der Waals surface area contributed by atoms with Gasteiger partial charge >= 0.3 is 0 Å². The molecule has 1 aromatic heterocycles. The maximum Gasteiger partial charge on any atom is 0.0980 e. The van der Waals surface area contributed by atoms with Gasteiger partial charge in [0.15, 0.2) is 0 Å². The molecule has 0 unspecified atom stereocenters. The second kappa shape index (κ2) is 2.55. The zero-order valence-corrected chi connectivity index (χ0v) is 6.55. The molecule has 0 saturated heterocycles. The van der Waals surface area contributed by atoms with Crippen LogP contribution >= 0.6 is 0 Å². The monoisotopic (exact) mass is 149 g/mol. The molecule has 0 fully saturated rings. The summed E-state index contributed by atoms with van der Waals surface area (Å²) in [5.41, 5.74) is 3.83. The molecule has 1 aliphatic rings. The molecule has 1 aromatic rings. The second-order valence-corrected chi connectivity index (χ2v) is 2.83. The van der Waals surface area contributed by atoms with E-state index in [0.717, 1.165) is 13.1 Å². The highest BCUT2D eigenvalue weighted by Crippen LogP contribution is 2.20. The zero-order chi connectivity index (χ0) is 7.68. The fraction of sp³-hybridized carbons (Fsp3) is 0.333. The molecule has 0 bridgehead atoms. The first-order valence-electron chi connectivity index (χ1n) is 3.81. The van der Waals surface area contributed by atoms with Gasteiger partial charge in [-0.3, -0.25) is 0 Å². The number of hydrogen-bond donors (Lipinski definition) is 1. The summed E-state index contributed by atoms with van der Waals surface area (Å²) in [7, 11) is 0. The molecule has 0 amide bonds. The van der Waals surface area contributed by atoms with Gasteiger partial charge in [-0.05, 0) is 18.1 Å². The van der Waals surface area contributed by atoms with Crippen LogP contribution < -0.4 is 5.32 Å². The minimum Gasteiger partial charge on any atom is -0.472 e. The first-order valence-corrected chi connectivity index (χ1v) is 3.81. The first kappa shape index (κ1) is 6.68. The molecule has 0 saturated carbocycles. The van der Waals surface area contributed by atoms with Gasteiger partial charge in [0.05, 0.1) is 12.5 Å². The molecule has 0 spiro atoms. The van der Waals surface area contributed by atoms with Gasteiger partial charge in [0.2, 0.25) is 0 Å². The summed E-state index contributed by atoms with van der Waals surface area (Å²) in [6.45, 7) is 4.03. The Hall–Kier alpha value is -1.02. The second-order valence-electron chi connectivity index (χ2n) is 2.83. The summed E-state index contributed by atoms with van der Waals surface area (Å²) < 4.78 is 5.09. The van der Waals surface area contributed by atoms with Gasteiger partial charge in [-0.1, -0.05) is 6.08 Å². The van der Waals surface area contributed by atoms with E-state index in [9.17, 15) is 0 Å². The van der Waals surface area contributed by atoms with E-state index < -0.39 is 0 Å². The highest BCUT2D eigenvalue weighted by atomic mass is 16.3. The third-order valence-corrected chi connectivity index (χ3v) is 2.01.